The Labute approximate surface area is 113 Å². The van der Waals surface area contributed by atoms with Crippen LogP contribution in [0.1, 0.15) is 19.8 Å². The van der Waals surface area contributed by atoms with Crippen LogP contribution in [0.25, 0.3) is 0 Å². The smallest absolute Gasteiger partial charge is 0.240 e. The van der Waals surface area contributed by atoms with Crippen LogP contribution in [0.15, 0.2) is 0 Å². The zero-order chi connectivity index (χ0) is 12.3. The molecule has 0 N–H and O–H groups in total. The second-order valence-corrected chi connectivity index (χ2v) is 6.70. The Hall–Kier alpha value is 0.0700. The highest BCUT2D eigenvalue weighted by Crippen LogP contribution is 2.21. The Bertz CT molecular complexity index is 261. The average Bonchev–Trinajstić information content (AvgIpc) is 2.39. The van der Waals surface area contributed by atoms with Crippen LogP contribution in [-0.4, -0.2) is 64.8 Å². The highest BCUT2D eigenvalue weighted by molar-refractivity contribution is 7.99. The number of piperidine rings is 1. The van der Waals surface area contributed by atoms with E-state index >= 15 is 0 Å². The summed E-state index contributed by atoms with van der Waals surface area (Å²) in [7, 11) is 0. The van der Waals surface area contributed by atoms with Crippen LogP contribution in [0.3, 0.4) is 0 Å². The zero-order valence-corrected chi connectivity index (χ0v) is 12.0. The average molecular weight is 277 g/mol. The number of nitrogens with zero attached hydrogens (tertiary/aromatic N) is 2. The van der Waals surface area contributed by atoms with Crippen LogP contribution < -0.4 is 0 Å². The van der Waals surface area contributed by atoms with E-state index in [-0.39, 0.29) is 11.3 Å². The monoisotopic (exact) mass is 276 g/mol. The summed E-state index contributed by atoms with van der Waals surface area (Å²) in [6.07, 6.45) is 2.22. The van der Waals surface area contributed by atoms with Crippen LogP contribution in [0.2, 0.25) is 0 Å². The molecule has 1 amide bonds. The first-order valence-corrected chi connectivity index (χ1v) is 8.02. The fourth-order valence-electron chi connectivity index (χ4n) is 2.65. The first kappa shape index (κ1) is 13.5. The van der Waals surface area contributed by atoms with Gasteiger partial charge in [0.25, 0.3) is 0 Å². The first-order chi connectivity index (χ1) is 8.18. The molecule has 0 radical (unpaired) electrons. The van der Waals surface area contributed by atoms with E-state index in [9.17, 15) is 4.79 Å². The SMILES string of the molecule is C[C@H](Cl)C(=O)N1CCC(N2CCSCC2)CC1. The van der Waals surface area contributed by atoms with Crippen molar-refractivity contribution in [3.05, 3.63) is 0 Å². The molecule has 1 atom stereocenters. The molecule has 2 saturated heterocycles. The van der Waals surface area contributed by atoms with Gasteiger partial charge >= 0.3 is 0 Å². The molecule has 0 aromatic rings. The minimum Gasteiger partial charge on any atom is -0.341 e. The van der Waals surface area contributed by atoms with Crippen molar-refractivity contribution >= 4 is 29.3 Å². The number of hydrogen-bond donors (Lipinski definition) is 0. The van der Waals surface area contributed by atoms with Gasteiger partial charge < -0.3 is 4.90 Å². The van der Waals surface area contributed by atoms with E-state index in [1.807, 2.05) is 16.7 Å². The summed E-state index contributed by atoms with van der Waals surface area (Å²) in [5, 5.41) is -0.377. The van der Waals surface area contributed by atoms with E-state index in [2.05, 4.69) is 4.90 Å². The van der Waals surface area contributed by atoms with Gasteiger partial charge in [0, 0.05) is 43.7 Å². The van der Waals surface area contributed by atoms with Gasteiger partial charge in [0.05, 0.1) is 0 Å². The summed E-state index contributed by atoms with van der Waals surface area (Å²) < 4.78 is 0. The number of halogens is 1. The van der Waals surface area contributed by atoms with E-state index in [1.54, 1.807) is 6.92 Å². The van der Waals surface area contributed by atoms with E-state index in [4.69, 9.17) is 11.6 Å². The van der Waals surface area contributed by atoms with Crippen LogP contribution in [0, 0.1) is 0 Å². The van der Waals surface area contributed by atoms with Crippen molar-refractivity contribution < 1.29 is 4.79 Å². The van der Waals surface area contributed by atoms with Crippen molar-refractivity contribution in [1.82, 2.24) is 9.80 Å². The molecule has 3 nitrogen and oxygen atoms in total. The van der Waals surface area contributed by atoms with Crippen LogP contribution >= 0.6 is 23.4 Å². The van der Waals surface area contributed by atoms with Crippen molar-refractivity contribution in [2.24, 2.45) is 0 Å². The number of amides is 1. The Balaban J connectivity index is 1.79. The first-order valence-electron chi connectivity index (χ1n) is 6.43. The molecule has 17 heavy (non-hydrogen) atoms. The third-order valence-electron chi connectivity index (χ3n) is 3.68. The summed E-state index contributed by atoms with van der Waals surface area (Å²) in [6, 6.07) is 0.686. The molecule has 2 heterocycles. The van der Waals surface area contributed by atoms with Gasteiger partial charge in [-0.3, -0.25) is 9.69 Å². The summed E-state index contributed by atoms with van der Waals surface area (Å²) in [6.45, 7) is 5.95. The lowest BCUT2D eigenvalue weighted by Gasteiger charge is -2.40. The molecule has 98 valence electrons. The fourth-order valence-corrected chi connectivity index (χ4v) is 3.71. The summed E-state index contributed by atoms with van der Waals surface area (Å²) in [4.78, 5) is 16.3. The molecule has 2 aliphatic heterocycles. The maximum atomic E-state index is 11.8. The molecule has 0 spiro atoms. The fraction of sp³-hybridized carbons (Fsp3) is 0.917. The molecule has 0 aromatic heterocycles. The molecule has 0 unspecified atom stereocenters. The van der Waals surface area contributed by atoms with Gasteiger partial charge in [-0.1, -0.05) is 0 Å². The normalized spacial score (nSPS) is 25.9. The van der Waals surface area contributed by atoms with Crippen LogP contribution in [-0.2, 0) is 4.79 Å². The van der Waals surface area contributed by atoms with Gasteiger partial charge in [-0.2, -0.15) is 11.8 Å². The maximum Gasteiger partial charge on any atom is 0.240 e. The van der Waals surface area contributed by atoms with Crippen LogP contribution in [0.5, 0.6) is 0 Å². The van der Waals surface area contributed by atoms with E-state index in [0.29, 0.717) is 6.04 Å². The van der Waals surface area contributed by atoms with Crippen molar-refractivity contribution in [1.29, 1.82) is 0 Å². The minimum atomic E-state index is -0.377. The molecule has 0 aromatic carbocycles. The molecular formula is C12H21ClN2OS. The molecule has 5 heteroatoms. The lowest BCUT2D eigenvalue weighted by atomic mass is 10.0. The van der Waals surface area contributed by atoms with Gasteiger partial charge in [0.2, 0.25) is 5.91 Å². The molecule has 2 fully saturated rings. The predicted molar refractivity (Wildman–Crippen MR) is 73.8 cm³/mol. The molecule has 0 aliphatic carbocycles. The molecular weight excluding hydrogens is 256 g/mol. The highest BCUT2D eigenvalue weighted by atomic mass is 35.5. The molecule has 2 aliphatic rings. The van der Waals surface area contributed by atoms with Crippen molar-refractivity contribution in [2.45, 2.75) is 31.2 Å². The van der Waals surface area contributed by atoms with Gasteiger partial charge in [0.1, 0.15) is 5.38 Å². The zero-order valence-electron chi connectivity index (χ0n) is 10.4. The Kier molecular flexibility index (Phi) is 5.00. The number of rotatable bonds is 2. The minimum absolute atomic E-state index is 0.0966. The number of likely N-dealkylation sites (tertiary alicyclic amines) is 1. The quantitative estimate of drug-likeness (QED) is 0.717. The lowest BCUT2D eigenvalue weighted by Crippen LogP contribution is -2.50. The summed E-state index contributed by atoms with van der Waals surface area (Å²) in [5.74, 6) is 2.62. The number of alkyl halides is 1. The largest absolute Gasteiger partial charge is 0.341 e. The third kappa shape index (κ3) is 3.52. The second-order valence-electron chi connectivity index (χ2n) is 4.82. The van der Waals surface area contributed by atoms with E-state index < -0.39 is 0 Å². The Morgan fingerprint density at radius 2 is 1.82 bits per heavy atom. The van der Waals surface area contributed by atoms with Crippen molar-refractivity contribution in [3.8, 4) is 0 Å². The van der Waals surface area contributed by atoms with Gasteiger partial charge in [0.15, 0.2) is 0 Å². The van der Waals surface area contributed by atoms with Gasteiger partial charge in [-0.05, 0) is 19.8 Å². The van der Waals surface area contributed by atoms with Gasteiger partial charge in [-0.25, -0.2) is 0 Å². The van der Waals surface area contributed by atoms with Crippen molar-refractivity contribution in [3.63, 3.8) is 0 Å². The number of thioether (sulfide) groups is 1. The topological polar surface area (TPSA) is 23.6 Å². The highest BCUT2D eigenvalue weighted by Gasteiger charge is 2.28. The summed E-state index contributed by atoms with van der Waals surface area (Å²) in [5.41, 5.74) is 0. The van der Waals surface area contributed by atoms with Crippen molar-refractivity contribution in [2.75, 3.05) is 37.7 Å². The number of hydrogen-bond acceptors (Lipinski definition) is 3. The second kappa shape index (κ2) is 6.30. The number of carbonyl (C=O) groups excluding carboxylic acids is 1. The van der Waals surface area contributed by atoms with Gasteiger partial charge in [-0.15, -0.1) is 11.6 Å². The molecule has 0 saturated carbocycles. The Morgan fingerprint density at radius 1 is 1.24 bits per heavy atom. The van der Waals surface area contributed by atoms with Crippen LogP contribution in [0.4, 0.5) is 0 Å². The molecule has 0 bridgehead atoms. The summed E-state index contributed by atoms with van der Waals surface area (Å²) >= 11 is 7.89. The molecule has 2 rings (SSSR count). The van der Waals surface area contributed by atoms with E-state index in [1.165, 1.54) is 24.6 Å². The number of carbonyl (C=O) groups is 1. The lowest BCUT2D eigenvalue weighted by molar-refractivity contribution is -0.132. The standard InChI is InChI=1S/C12H21ClN2OS/c1-10(13)12(16)15-4-2-11(3-5-15)14-6-8-17-9-7-14/h10-11H,2-9H2,1H3/t10-/m0/s1. The maximum absolute atomic E-state index is 11.8. The third-order valence-corrected chi connectivity index (χ3v) is 4.81. The predicted octanol–water partition coefficient (Wildman–Crippen LogP) is 1.65. The van der Waals surface area contributed by atoms with E-state index in [0.717, 1.165) is 25.9 Å². The Morgan fingerprint density at radius 3 is 2.35 bits per heavy atom.